The number of hydrogen-bond acceptors (Lipinski definition) is 5. The van der Waals surface area contributed by atoms with E-state index in [1.807, 2.05) is 66.8 Å². The number of rotatable bonds is 39. The summed E-state index contributed by atoms with van der Waals surface area (Å²) in [6, 6.07) is -0.733. The van der Waals surface area contributed by atoms with Crippen molar-refractivity contribution in [3.05, 3.63) is 109 Å². The van der Waals surface area contributed by atoms with Crippen LogP contribution in [0.3, 0.4) is 0 Å². The highest BCUT2D eigenvalue weighted by Crippen LogP contribution is 2.16. The molecule has 0 aliphatic heterocycles. The highest BCUT2D eigenvalue weighted by Gasteiger charge is 2.24. The van der Waals surface area contributed by atoms with Crippen molar-refractivity contribution in [1.29, 1.82) is 0 Å². The lowest BCUT2D eigenvalue weighted by Crippen LogP contribution is -2.46. The molecule has 0 heterocycles. The Hall–Kier alpha value is -3.48. The summed E-state index contributed by atoms with van der Waals surface area (Å²) >= 11 is 0. The Morgan fingerprint density at radius 3 is 1.52 bits per heavy atom. The molecular formula is C52H85NO5. The number of aliphatic hydroxyl groups is 2. The number of unbranched alkanes of at least 4 members (excludes halogenated alkanes) is 16. The molecule has 0 saturated heterocycles. The zero-order valence-electron chi connectivity index (χ0n) is 37.1. The van der Waals surface area contributed by atoms with Crippen LogP contribution in [0.5, 0.6) is 0 Å². The first kappa shape index (κ1) is 54.5. The fraction of sp³-hybridized carbons (Fsp3) is 0.615. The highest BCUT2D eigenvalue weighted by atomic mass is 16.5. The van der Waals surface area contributed by atoms with Gasteiger partial charge in [-0.2, -0.15) is 0 Å². The van der Waals surface area contributed by atoms with Crippen LogP contribution in [0, 0.1) is 0 Å². The molecule has 0 aliphatic rings. The van der Waals surface area contributed by atoms with Gasteiger partial charge in [-0.25, -0.2) is 0 Å². The van der Waals surface area contributed by atoms with Gasteiger partial charge in [-0.1, -0.05) is 220 Å². The van der Waals surface area contributed by atoms with Gasteiger partial charge in [-0.15, -0.1) is 0 Å². The van der Waals surface area contributed by atoms with E-state index in [0.29, 0.717) is 19.3 Å². The summed E-state index contributed by atoms with van der Waals surface area (Å²) in [6.45, 7) is 6.18. The molecule has 0 aromatic heterocycles. The fourth-order valence-corrected chi connectivity index (χ4v) is 6.30. The van der Waals surface area contributed by atoms with E-state index < -0.39 is 18.2 Å². The highest BCUT2D eigenvalue weighted by molar-refractivity contribution is 5.77. The van der Waals surface area contributed by atoms with Gasteiger partial charge in [0, 0.05) is 6.42 Å². The maximum absolute atomic E-state index is 13.1. The molecule has 3 atom stereocenters. The maximum Gasteiger partial charge on any atom is 0.306 e. The van der Waals surface area contributed by atoms with E-state index in [1.165, 1.54) is 51.4 Å². The lowest BCUT2D eigenvalue weighted by atomic mass is 10.0. The van der Waals surface area contributed by atoms with Crippen LogP contribution in [-0.2, 0) is 14.3 Å². The van der Waals surface area contributed by atoms with Crippen molar-refractivity contribution in [3.8, 4) is 0 Å². The Morgan fingerprint density at radius 1 is 0.517 bits per heavy atom. The lowest BCUT2D eigenvalue weighted by Gasteiger charge is -2.24. The van der Waals surface area contributed by atoms with Gasteiger partial charge in [0.2, 0.25) is 5.91 Å². The predicted octanol–water partition coefficient (Wildman–Crippen LogP) is 13.6. The zero-order chi connectivity index (χ0) is 42.4. The molecule has 3 N–H and O–H groups in total. The van der Waals surface area contributed by atoms with Gasteiger partial charge in [0.05, 0.1) is 25.2 Å². The number of hydrogen-bond donors (Lipinski definition) is 3. The molecule has 58 heavy (non-hydrogen) atoms. The van der Waals surface area contributed by atoms with E-state index in [4.69, 9.17) is 4.74 Å². The smallest absolute Gasteiger partial charge is 0.306 e. The average Bonchev–Trinajstić information content (AvgIpc) is 3.22. The average molecular weight is 804 g/mol. The van der Waals surface area contributed by atoms with E-state index in [0.717, 1.165) is 83.5 Å². The minimum Gasteiger partial charge on any atom is -0.462 e. The van der Waals surface area contributed by atoms with Crippen LogP contribution in [0.2, 0.25) is 0 Å². The summed E-state index contributed by atoms with van der Waals surface area (Å²) < 4.78 is 5.86. The van der Waals surface area contributed by atoms with E-state index in [-0.39, 0.29) is 24.9 Å². The summed E-state index contributed by atoms with van der Waals surface area (Å²) in [7, 11) is 0. The molecule has 0 bridgehead atoms. The van der Waals surface area contributed by atoms with Gasteiger partial charge in [-0.3, -0.25) is 9.59 Å². The molecule has 0 aromatic carbocycles. The van der Waals surface area contributed by atoms with Crippen molar-refractivity contribution < 1.29 is 24.5 Å². The Labute approximate surface area is 356 Å². The number of amides is 1. The summed E-state index contributed by atoms with van der Waals surface area (Å²) in [5.41, 5.74) is 0. The predicted molar refractivity (Wildman–Crippen MR) is 250 cm³/mol. The third kappa shape index (κ3) is 39.4. The standard InChI is InChI=1S/C52H85NO5/c1-4-7-10-13-16-19-22-23-24-25-26-27-28-30-33-36-39-42-45-52(57)58-48(43-40-37-34-31-29-20-17-14-11-8-5-2)46-51(56)53-49(47-54)50(55)44-41-38-35-32-21-18-15-12-9-6-3/h8,10-11,13-14,16-17,19-20,22-27,29,31,34,48-50,54-55H,4-7,9,12,15,18,21,28,30,32-33,35-47H2,1-3H3,(H,53,56)/b11-8+,13-10+,17-14+,19-16+,23-22+,25-24+,27-26+,29-20-,34-31-. The van der Waals surface area contributed by atoms with Crippen LogP contribution >= 0.6 is 0 Å². The number of carbonyl (C=O) groups excluding carboxylic acids is 2. The van der Waals surface area contributed by atoms with Crippen molar-refractivity contribution in [3.63, 3.8) is 0 Å². The van der Waals surface area contributed by atoms with E-state index in [9.17, 15) is 19.8 Å². The number of carbonyl (C=O) groups is 2. The number of esters is 1. The van der Waals surface area contributed by atoms with E-state index >= 15 is 0 Å². The summed E-state index contributed by atoms with van der Waals surface area (Å²) in [5, 5.41) is 23.6. The van der Waals surface area contributed by atoms with Crippen molar-refractivity contribution in [2.24, 2.45) is 0 Å². The second-order valence-corrected chi connectivity index (χ2v) is 15.3. The number of nitrogens with one attached hydrogen (secondary N) is 1. The van der Waals surface area contributed by atoms with E-state index in [2.05, 4.69) is 68.6 Å². The molecule has 1 amide bonds. The molecule has 0 radical (unpaired) electrons. The SMILES string of the molecule is CC/C=C/C=C/C=C\C=C/CCCC(CC(=O)NC(CO)C(O)CCCCCCCCCCCC)OC(=O)CCCCCCC/C=C/C=C/C=C/C=C/C=C/CCC. The van der Waals surface area contributed by atoms with Gasteiger partial charge in [0.1, 0.15) is 6.10 Å². The Kier molecular flexibility index (Phi) is 41.9. The Balaban J connectivity index is 4.72. The molecule has 6 heteroatoms. The second kappa shape index (κ2) is 44.6. The Morgan fingerprint density at radius 2 is 0.983 bits per heavy atom. The summed E-state index contributed by atoms with van der Waals surface area (Å²) in [6.07, 6.45) is 60.1. The first-order valence-corrected chi connectivity index (χ1v) is 23.2. The fourth-order valence-electron chi connectivity index (χ4n) is 6.30. The van der Waals surface area contributed by atoms with Crippen LogP contribution in [0.15, 0.2) is 109 Å². The lowest BCUT2D eigenvalue weighted by molar-refractivity contribution is -0.151. The van der Waals surface area contributed by atoms with Crippen molar-refractivity contribution in [1.82, 2.24) is 5.32 Å². The van der Waals surface area contributed by atoms with Crippen LogP contribution in [0.4, 0.5) is 0 Å². The van der Waals surface area contributed by atoms with Crippen molar-refractivity contribution in [2.75, 3.05) is 6.61 Å². The van der Waals surface area contributed by atoms with Crippen LogP contribution in [0.1, 0.15) is 181 Å². The summed E-state index contributed by atoms with van der Waals surface area (Å²) in [4.78, 5) is 26.0. The molecule has 0 saturated carbocycles. The molecule has 0 fully saturated rings. The van der Waals surface area contributed by atoms with Crippen LogP contribution < -0.4 is 5.32 Å². The van der Waals surface area contributed by atoms with Crippen molar-refractivity contribution >= 4 is 11.9 Å². The maximum atomic E-state index is 13.1. The van der Waals surface area contributed by atoms with Crippen LogP contribution in [0.25, 0.3) is 0 Å². The Bertz CT molecular complexity index is 1220. The van der Waals surface area contributed by atoms with E-state index in [1.54, 1.807) is 0 Å². The van der Waals surface area contributed by atoms with Crippen LogP contribution in [-0.4, -0.2) is 46.9 Å². The largest absolute Gasteiger partial charge is 0.462 e. The van der Waals surface area contributed by atoms with Gasteiger partial charge >= 0.3 is 5.97 Å². The monoisotopic (exact) mass is 804 g/mol. The third-order valence-corrected chi connectivity index (χ3v) is 9.79. The molecule has 0 rings (SSSR count). The number of ether oxygens (including phenoxy) is 1. The molecule has 328 valence electrons. The van der Waals surface area contributed by atoms with Gasteiger partial charge in [0.25, 0.3) is 0 Å². The topological polar surface area (TPSA) is 95.9 Å². The first-order valence-electron chi connectivity index (χ1n) is 23.2. The molecule has 6 nitrogen and oxygen atoms in total. The van der Waals surface area contributed by atoms with Gasteiger partial charge in [0.15, 0.2) is 0 Å². The molecule has 0 aliphatic carbocycles. The molecular weight excluding hydrogens is 719 g/mol. The minimum absolute atomic E-state index is 0.0136. The zero-order valence-corrected chi connectivity index (χ0v) is 37.1. The number of allylic oxidation sites excluding steroid dienone is 18. The van der Waals surface area contributed by atoms with Gasteiger partial charge < -0.3 is 20.3 Å². The second-order valence-electron chi connectivity index (χ2n) is 15.3. The number of aliphatic hydroxyl groups excluding tert-OH is 2. The minimum atomic E-state index is -0.814. The molecule has 0 spiro atoms. The summed E-state index contributed by atoms with van der Waals surface area (Å²) in [5.74, 6) is -0.586. The third-order valence-electron chi connectivity index (χ3n) is 9.79. The van der Waals surface area contributed by atoms with Gasteiger partial charge in [-0.05, 0) is 57.8 Å². The van der Waals surface area contributed by atoms with Crippen molar-refractivity contribution in [2.45, 2.75) is 200 Å². The normalized spacial score (nSPS) is 14.4. The molecule has 0 aromatic rings. The first-order chi connectivity index (χ1) is 28.5. The molecule has 3 unspecified atom stereocenters. The quantitative estimate of drug-likeness (QED) is 0.0327.